The lowest BCUT2D eigenvalue weighted by Crippen LogP contribution is -2.34. The Kier molecular flexibility index (Phi) is 4.65. The summed E-state index contributed by atoms with van der Waals surface area (Å²) in [6.07, 6.45) is 2.94. The number of aryl methyl sites for hydroxylation is 2. The van der Waals surface area contributed by atoms with Crippen molar-refractivity contribution in [1.82, 2.24) is 0 Å². The molecule has 1 fully saturated rings. The molecule has 0 heterocycles. The van der Waals surface area contributed by atoms with E-state index in [1.165, 1.54) is 0 Å². The molecule has 4 heteroatoms. The van der Waals surface area contributed by atoms with Crippen molar-refractivity contribution in [2.24, 2.45) is 5.92 Å². The molecule has 3 N–H and O–H groups in total. The lowest BCUT2D eigenvalue weighted by atomic mass is 9.80. The molecule has 1 aromatic carbocycles. The van der Waals surface area contributed by atoms with Crippen LogP contribution in [0, 0.1) is 19.8 Å². The Bertz CT molecular complexity index is 470. The van der Waals surface area contributed by atoms with Gasteiger partial charge in [-0.05, 0) is 62.8 Å². The summed E-state index contributed by atoms with van der Waals surface area (Å²) in [5.74, 6) is 0.543. The molecule has 1 amide bonds. The average molecular weight is 276 g/mol. The monoisotopic (exact) mass is 276 g/mol. The fraction of sp³-hybridized carbons (Fsp3) is 0.562. The second-order valence-electron chi connectivity index (χ2n) is 5.70. The summed E-state index contributed by atoms with van der Waals surface area (Å²) in [6, 6.07) is 3.77. The van der Waals surface area contributed by atoms with Gasteiger partial charge in [0.1, 0.15) is 0 Å². The second-order valence-corrected chi connectivity index (χ2v) is 5.70. The first-order chi connectivity index (χ1) is 9.49. The number of benzene rings is 1. The third-order valence-corrected chi connectivity index (χ3v) is 3.89. The quantitative estimate of drug-likeness (QED) is 0.812. The zero-order valence-corrected chi connectivity index (χ0v) is 12.5. The van der Waals surface area contributed by atoms with Crippen LogP contribution in [-0.4, -0.2) is 18.6 Å². The number of amides is 1. The van der Waals surface area contributed by atoms with Gasteiger partial charge in [-0.15, -0.1) is 0 Å². The van der Waals surface area contributed by atoms with Gasteiger partial charge in [0.2, 0.25) is 5.91 Å². The number of ether oxygens (including phenoxy) is 1. The summed E-state index contributed by atoms with van der Waals surface area (Å²) in [7, 11) is 0. The van der Waals surface area contributed by atoms with Crippen molar-refractivity contribution < 1.29 is 9.53 Å². The highest BCUT2D eigenvalue weighted by molar-refractivity contribution is 5.92. The molecule has 1 aliphatic carbocycles. The molecule has 0 spiro atoms. The van der Waals surface area contributed by atoms with Crippen LogP contribution in [-0.2, 0) is 9.53 Å². The van der Waals surface area contributed by atoms with Crippen LogP contribution in [0.5, 0.6) is 0 Å². The maximum absolute atomic E-state index is 12.1. The van der Waals surface area contributed by atoms with Crippen LogP contribution < -0.4 is 11.1 Å². The van der Waals surface area contributed by atoms with Crippen molar-refractivity contribution in [2.45, 2.75) is 46.1 Å². The van der Waals surface area contributed by atoms with Gasteiger partial charge in [-0.25, -0.2) is 0 Å². The number of rotatable bonds is 5. The second kappa shape index (κ2) is 6.27. The van der Waals surface area contributed by atoms with Crippen LogP contribution in [0.2, 0.25) is 0 Å². The molecular formula is C16H24N2O2. The Hall–Kier alpha value is -1.55. The zero-order valence-electron chi connectivity index (χ0n) is 12.5. The van der Waals surface area contributed by atoms with Crippen molar-refractivity contribution in [2.75, 3.05) is 17.7 Å². The van der Waals surface area contributed by atoms with E-state index in [2.05, 4.69) is 5.32 Å². The van der Waals surface area contributed by atoms with Crippen LogP contribution in [0.3, 0.4) is 0 Å². The van der Waals surface area contributed by atoms with E-state index in [1.807, 2.05) is 32.9 Å². The summed E-state index contributed by atoms with van der Waals surface area (Å²) in [5, 5.41) is 3.02. The Morgan fingerprint density at radius 2 is 1.95 bits per heavy atom. The van der Waals surface area contributed by atoms with Gasteiger partial charge in [-0.3, -0.25) is 4.79 Å². The SMILES string of the molecule is CCOC1CC(CC(=O)Nc2c(C)cc(N)cc2C)C1. The number of anilines is 2. The fourth-order valence-electron chi connectivity index (χ4n) is 2.86. The standard InChI is InChI=1S/C16H24N2O2/c1-4-20-14-7-12(8-14)9-15(19)18-16-10(2)5-13(17)6-11(16)3/h5-6,12,14H,4,7-9,17H2,1-3H3,(H,18,19). The van der Waals surface area contributed by atoms with Crippen molar-refractivity contribution in [3.8, 4) is 0 Å². The molecule has 0 atom stereocenters. The molecule has 0 aliphatic heterocycles. The summed E-state index contributed by atoms with van der Waals surface area (Å²) < 4.78 is 5.51. The molecule has 0 radical (unpaired) electrons. The summed E-state index contributed by atoms with van der Waals surface area (Å²) in [6.45, 7) is 6.70. The smallest absolute Gasteiger partial charge is 0.224 e. The molecule has 1 aromatic rings. The molecule has 20 heavy (non-hydrogen) atoms. The van der Waals surface area contributed by atoms with Gasteiger partial charge in [-0.2, -0.15) is 0 Å². The summed E-state index contributed by atoms with van der Waals surface area (Å²) in [4.78, 5) is 12.1. The van der Waals surface area contributed by atoms with Gasteiger partial charge >= 0.3 is 0 Å². The highest BCUT2D eigenvalue weighted by atomic mass is 16.5. The molecule has 2 rings (SSSR count). The first-order valence-corrected chi connectivity index (χ1v) is 7.27. The highest BCUT2D eigenvalue weighted by Crippen LogP contribution is 2.33. The van der Waals surface area contributed by atoms with Crippen LogP contribution in [0.4, 0.5) is 11.4 Å². The molecule has 1 saturated carbocycles. The molecular weight excluding hydrogens is 252 g/mol. The topological polar surface area (TPSA) is 64.3 Å². The molecule has 0 aromatic heterocycles. The van der Waals surface area contributed by atoms with E-state index in [-0.39, 0.29) is 5.91 Å². The van der Waals surface area contributed by atoms with Crippen molar-refractivity contribution >= 4 is 17.3 Å². The van der Waals surface area contributed by atoms with Crippen LogP contribution in [0.15, 0.2) is 12.1 Å². The zero-order chi connectivity index (χ0) is 14.7. The third kappa shape index (κ3) is 3.51. The van der Waals surface area contributed by atoms with Gasteiger partial charge in [0, 0.05) is 24.4 Å². The van der Waals surface area contributed by atoms with E-state index in [1.54, 1.807) is 0 Å². The predicted molar refractivity (Wildman–Crippen MR) is 81.7 cm³/mol. The molecule has 0 unspecified atom stereocenters. The van der Waals surface area contributed by atoms with Crippen molar-refractivity contribution in [1.29, 1.82) is 0 Å². The van der Waals surface area contributed by atoms with Gasteiger partial charge < -0.3 is 15.8 Å². The lowest BCUT2D eigenvalue weighted by molar-refractivity contribution is -0.119. The lowest BCUT2D eigenvalue weighted by Gasteiger charge is -2.34. The van der Waals surface area contributed by atoms with Crippen LogP contribution in [0.1, 0.15) is 37.3 Å². The Balaban J connectivity index is 1.87. The number of nitrogens with two attached hydrogens (primary N) is 1. The molecule has 0 saturated heterocycles. The van der Waals surface area contributed by atoms with E-state index in [0.717, 1.165) is 42.0 Å². The number of carbonyl (C=O) groups excluding carboxylic acids is 1. The van der Waals surface area contributed by atoms with E-state index >= 15 is 0 Å². The Labute approximate surface area is 120 Å². The molecule has 4 nitrogen and oxygen atoms in total. The average Bonchev–Trinajstić information content (AvgIpc) is 2.31. The van der Waals surface area contributed by atoms with E-state index in [9.17, 15) is 4.79 Å². The van der Waals surface area contributed by atoms with Crippen molar-refractivity contribution in [3.63, 3.8) is 0 Å². The molecule has 1 aliphatic rings. The maximum atomic E-state index is 12.1. The van der Waals surface area contributed by atoms with Gasteiger partial charge in [0.05, 0.1) is 6.10 Å². The minimum atomic E-state index is 0.0842. The van der Waals surface area contributed by atoms with E-state index < -0.39 is 0 Å². The number of nitrogens with one attached hydrogen (secondary N) is 1. The third-order valence-electron chi connectivity index (χ3n) is 3.89. The van der Waals surface area contributed by atoms with Gasteiger partial charge in [-0.1, -0.05) is 0 Å². The summed E-state index contributed by atoms with van der Waals surface area (Å²) >= 11 is 0. The number of nitrogen functional groups attached to an aromatic ring is 1. The van der Waals surface area contributed by atoms with E-state index in [0.29, 0.717) is 18.4 Å². The van der Waals surface area contributed by atoms with Crippen molar-refractivity contribution in [3.05, 3.63) is 23.3 Å². The first-order valence-electron chi connectivity index (χ1n) is 7.27. The van der Waals surface area contributed by atoms with E-state index in [4.69, 9.17) is 10.5 Å². The fourth-order valence-corrected chi connectivity index (χ4v) is 2.86. The first kappa shape index (κ1) is 14.9. The minimum absolute atomic E-state index is 0.0842. The van der Waals surface area contributed by atoms with Crippen LogP contribution in [0.25, 0.3) is 0 Å². The summed E-state index contributed by atoms with van der Waals surface area (Å²) in [5.41, 5.74) is 9.44. The Morgan fingerprint density at radius 1 is 1.35 bits per heavy atom. The molecule has 0 bridgehead atoms. The largest absolute Gasteiger partial charge is 0.399 e. The number of carbonyl (C=O) groups is 1. The number of hydrogen-bond donors (Lipinski definition) is 2. The maximum Gasteiger partial charge on any atom is 0.224 e. The van der Waals surface area contributed by atoms with Gasteiger partial charge in [0.25, 0.3) is 0 Å². The Morgan fingerprint density at radius 3 is 2.50 bits per heavy atom. The molecule has 110 valence electrons. The normalized spacial score (nSPS) is 21.4. The predicted octanol–water partition coefficient (Wildman–Crippen LogP) is 3.03. The van der Waals surface area contributed by atoms with Gasteiger partial charge in [0.15, 0.2) is 0 Å². The van der Waals surface area contributed by atoms with Crippen LogP contribution >= 0.6 is 0 Å². The minimum Gasteiger partial charge on any atom is -0.399 e. The number of hydrogen-bond acceptors (Lipinski definition) is 3. The highest BCUT2D eigenvalue weighted by Gasteiger charge is 2.31.